The van der Waals surface area contributed by atoms with Crippen LogP contribution in [0.5, 0.6) is 0 Å². The third kappa shape index (κ3) is 3.36. The number of nitrogens with zero attached hydrogens (tertiary/aromatic N) is 1. The molecule has 13 heavy (non-hydrogen) atoms. The van der Waals surface area contributed by atoms with Gasteiger partial charge in [0, 0.05) is 26.1 Å². The highest BCUT2D eigenvalue weighted by Gasteiger charge is 2.21. The van der Waals surface area contributed by atoms with E-state index in [2.05, 4.69) is 5.23 Å². The Kier molecular flexibility index (Phi) is 3.75. The Hall–Kier alpha value is -0.545. The number of rotatable bonds is 2. The highest BCUT2D eigenvalue weighted by molar-refractivity contribution is 6.45. The van der Waals surface area contributed by atoms with E-state index in [0.29, 0.717) is 6.04 Å². The van der Waals surface area contributed by atoms with Crippen LogP contribution in [0.3, 0.4) is 0 Å². The first-order valence-electron chi connectivity index (χ1n) is 4.79. The van der Waals surface area contributed by atoms with E-state index >= 15 is 0 Å². The van der Waals surface area contributed by atoms with Crippen molar-refractivity contribution >= 4 is 13.0 Å². The van der Waals surface area contributed by atoms with Crippen molar-refractivity contribution < 1.29 is 9.82 Å². The summed E-state index contributed by atoms with van der Waals surface area (Å²) in [5, 5.41) is 12.1. The molecule has 1 rings (SSSR count). The van der Waals surface area contributed by atoms with Gasteiger partial charge in [0.2, 0.25) is 5.91 Å². The van der Waals surface area contributed by atoms with E-state index in [1.54, 1.807) is 13.7 Å². The van der Waals surface area contributed by atoms with Gasteiger partial charge in [0.25, 0.3) is 0 Å². The van der Waals surface area contributed by atoms with E-state index in [4.69, 9.17) is 5.02 Å². The van der Waals surface area contributed by atoms with Crippen molar-refractivity contribution in [2.24, 2.45) is 0 Å². The lowest BCUT2D eigenvalue weighted by Gasteiger charge is -2.32. The lowest BCUT2D eigenvalue weighted by atomic mass is 9.85. The number of hydrogen-bond donors (Lipinski definition) is 2. The minimum atomic E-state index is -0.450. The number of carbonyl (C=O) groups excluding carboxylic acids is 1. The number of piperidine rings is 1. The smallest absolute Gasteiger partial charge is 0.373 e. The highest BCUT2D eigenvalue weighted by atomic mass is 16.2. The Morgan fingerprint density at radius 1 is 1.54 bits per heavy atom. The molecule has 0 aromatic carbocycles. The molecule has 1 aliphatic heterocycles. The van der Waals surface area contributed by atoms with Crippen LogP contribution in [-0.2, 0) is 4.79 Å². The predicted octanol–water partition coefficient (Wildman–Crippen LogP) is -0.303. The van der Waals surface area contributed by atoms with Crippen LogP contribution in [0.15, 0.2) is 0 Å². The second kappa shape index (κ2) is 4.62. The van der Waals surface area contributed by atoms with Crippen LogP contribution in [0.25, 0.3) is 0 Å². The number of hydrogen-bond acceptors (Lipinski definition) is 3. The van der Waals surface area contributed by atoms with Gasteiger partial charge in [-0.1, -0.05) is 0 Å². The Labute approximate surface area is 79.4 Å². The first-order chi connectivity index (χ1) is 6.09. The molecule has 2 N–H and O–H groups in total. The van der Waals surface area contributed by atoms with Crippen molar-refractivity contribution in [2.75, 3.05) is 13.1 Å². The van der Waals surface area contributed by atoms with Crippen molar-refractivity contribution in [1.82, 2.24) is 10.1 Å². The number of carbonyl (C=O) groups is 1. The summed E-state index contributed by atoms with van der Waals surface area (Å²) in [6.07, 6.45) is 1.87. The highest BCUT2D eigenvalue weighted by Crippen LogP contribution is 2.10. The Morgan fingerprint density at radius 3 is 2.46 bits per heavy atom. The minimum Gasteiger partial charge on any atom is -0.437 e. The van der Waals surface area contributed by atoms with Crippen LogP contribution < -0.4 is 5.23 Å². The molecule has 1 aliphatic rings. The molecule has 4 nitrogen and oxygen atoms in total. The summed E-state index contributed by atoms with van der Waals surface area (Å²) >= 11 is 0. The van der Waals surface area contributed by atoms with E-state index < -0.39 is 7.05 Å². The number of nitrogens with one attached hydrogen (secondary N) is 1. The molecular formula is C8H17BN2O2. The normalized spacial score (nSPS) is 18.8. The Morgan fingerprint density at radius 2 is 2.08 bits per heavy atom. The van der Waals surface area contributed by atoms with Gasteiger partial charge >= 0.3 is 7.05 Å². The molecule has 1 fully saturated rings. The van der Waals surface area contributed by atoms with Crippen molar-refractivity contribution in [1.29, 1.82) is 0 Å². The third-order valence-electron chi connectivity index (χ3n) is 2.42. The van der Waals surface area contributed by atoms with E-state index in [0.717, 1.165) is 25.9 Å². The van der Waals surface area contributed by atoms with E-state index in [1.165, 1.54) is 0 Å². The largest absolute Gasteiger partial charge is 0.437 e. The molecule has 0 atom stereocenters. The average Bonchev–Trinajstić information content (AvgIpc) is 2.04. The van der Waals surface area contributed by atoms with E-state index in [1.807, 2.05) is 4.90 Å². The van der Waals surface area contributed by atoms with Crippen LogP contribution in [0, 0.1) is 0 Å². The molecule has 1 saturated heterocycles. The quantitative estimate of drug-likeness (QED) is 0.579. The molecular weight excluding hydrogens is 167 g/mol. The predicted molar refractivity (Wildman–Crippen MR) is 52.2 cm³/mol. The molecule has 74 valence electrons. The fourth-order valence-corrected chi connectivity index (χ4v) is 1.70. The van der Waals surface area contributed by atoms with E-state index in [9.17, 15) is 4.79 Å². The SMILES string of the molecule is CB(O)NC1CCN(C(C)=O)CC1. The average molecular weight is 184 g/mol. The molecule has 1 amide bonds. The Bertz CT molecular complexity index is 179. The third-order valence-corrected chi connectivity index (χ3v) is 2.42. The molecule has 0 radical (unpaired) electrons. The van der Waals surface area contributed by atoms with Crippen LogP contribution in [0.1, 0.15) is 19.8 Å². The van der Waals surface area contributed by atoms with Gasteiger partial charge in [0.05, 0.1) is 0 Å². The molecule has 1 heterocycles. The Balaban J connectivity index is 2.26. The summed E-state index contributed by atoms with van der Waals surface area (Å²) in [5.41, 5.74) is 0. The lowest BCUT2D eigenvalue weighted by Crippen LogP contribution is -2.48. The van der Waals surface area contributed by atoms with Gasteiger partial charge < -0.3 is 15.2 Å². The van der Waals surface area contributed by atoms with Gasteiger partial charge in [0.1, 0.15) is 0 Å². The molecule has 0 aromatic heterocycles. The number of likely N-dealkylation sites (tertiary alicyclic amines) is 1. The first kappa shape index (κ1) is 10.5. The van der Waals surface area contributed by atoms with Crippen LogP contribution in [-0.4, -0.2) is 42.0 Å². The summed E-state index contributed by atoms with van der Waals surface area (Å²) in [5.74, 6) is 0.149. The van der Waals surface area contributed by atoms with Gasteiger partial charge in [-0.3, -0.25) is 4.79 Å². The van der Waals surface area contributed by atoms with Gasteiger partial charge in [-0.05, 0) is 19.7 Å². The maximum Gasteiger partial charge on any atom is 0.373 e. The number of amides is 1. The second-order valence-electron chi connectivity index (χ2n) is 3.62. The molecule has 0 saturated carbocycles. The monoisotopic (exact) mass is 184 g/mol. The minimum absolute atomic E-state index is 0.149. The summed E-state index contributed by atoms with van der Waals surface area (Å²) in [7, 11) is -0.450. The summed E-state index contributed by atoms with van der Waals surface area (Å²) < 4.78 is 0. The standard InChI is InChI=1S/C8H17BN2O2/c1-7(12)11-5-3-8(4-6-11)10-9(2)13/h8,10,13H,3-6H2,1-2H3. The van der Waals surface area contributed by atoms with E-state index in [-0.39, 0.29) is 5.91 Å². The summed E-state index contributed by atoms with van der Waals surface area (Å²) in [4.78, 5) is 12.8. The fourth-order valence-electron chi connectivity index (χ4n) is 1.70. The van der Waals surface area contributed by atoms with Crippen molar-refractivity contribution in [2.45, 2.75) is 32.6 Å². The van der Waals surface area contributed by atoms with Crippen molar-refractivity contribution in [3.63, 3.8) is 0 Å². The van der Waals surface area contributed by atoms with Crippen molar-refractivity contribution in [3.05, 3.63) is 0 Å². The fraction of sp³-hybridized carbons (Fsp3) is 0.875. The van der Waals surface area contributed by atoms with Crippen molar-refractivity contribution in [3.8, 4) is 0 Å². The molecule has 0 spiro atoms. The zero-order chi connectivity index (χ0) is 9.84. The second-order valence-corrected chi connectivity index (χ2v) is 3.62. The first-order valence-corrected chi connectivity index (χ1v) is 4.79. The van der Waals surface area contributed by atoms with Crippen LogP contribution in [0.2, 0.25) is 6.82 Å². The molecule has 0 bridgehead atoms. The maximum absolute atomic E-state index is 11.0. The maximum atomic E-state index is 11.0. The molecule has 0 aliphatic carbocycles. The van der Waals surface area contributed by atoms with Gasteiger partial charge in [-0.25, -0.2) is 0 Å². The van der Waals surface area contributed by atoms with Crippen LogP contribution >= 0.6 is 0 Å². The zero-order valence-corrected chi connectivity index (χ0v) is 8.29. The lowest BCUT2D eigenvalue weighted by molar-refractivity contribution is -0.129. The molecule has 0 aromatic rings. The topological polar surface area (TPSA) is 52.6 Å². The van der Waals surface area contributed by atoms with Gasteiger partial charge in [0.15, 0.2) is 0 Å². The summed E-state index contributed by atoms with van der Waals surface area (Å²) in [6.45, 7) is 4.93. The zero-order valence-electron chi connectivity index (χ0n) is 8.29. The van der Waals surface area contributed by atoms with Gasteiger partial charge in [-0.15, -0.1) is 0 Å². The molecule has 5 heteroatoms. The molecule has 0 unspecified atom stereocenters. The van der Waals surface area contributed by atoms with Crippen LogP contribution in [0.4, 0.5) is 0 Å². The van der Waals surface area contributed by atoms with Gasteiger partial charge in [-0.2, -0.15) is 0 Å². The summed E-state index contributed by atoms with van der Waals surface area (Å²) in [6, 6.07) is 0.357.